The largest absolute Gasteiger partial charge is 0.496 e. The van der Waals surface area contributed by atoms with Gasteiger partial charge in [0.2, 0.25) is 0 Å². The van der Waals surface area contributed by atoms with Crippen molar-refractivity contribution in [3.8, 4) is 5.75 Å². The minimum absolute atomic E-state index is 0.110. The van der Waals surface area contributed by atoms with Crippen molar-refractivity contribution in [1.29, 1.82) is 0 Å². The first-order valence-corrected chi connectivity index (χ1v) is 9.13. The molecule has 0 saturated carbocycles. The van der Waals surface area contributed by atoms with E-state index in [1.165, 1.54) is 19.2 Å². The van der Waals surface area contributed by atoms with Gasteiger partial charge in [0, 0.05) is 31.9 Å². The van der Waals surface area contributed by atoms with E-state index < -0.39 is 12.6 Å². The maximum atomic E-state index is 12.2. The van der Waals surface area contributed by atoms with Crippen molar-refractivity contribution in [2.45, 2.75) is 6.42 Å². The fourth-order valence-electron chi connectivity index (χ4n) is 2.51. The Morgan fingerprint density at radius 2 is 1.93 bits per heavy atom. The molecular formula is C20H24ClN3O4. The molecule has 150 valence electrons. The van der Waals surface area contributed by atoms with Gasteiger partial charge in [-0.15, -0.1) is 0 Å². The molecule has 0 aliphatic rings. The highest BCUT2D eigenvalue weighted by atomic mass is 35.5. The molecule has 0 bridgehead atoms. The molecule has 2 aromatic rings. The molecule has 0 spiro atoms. The number of nitrogens with two attached hydrogens (primary N) is 1. The fourth-order valence-corrected chi connectivity index (χ4v) is 2.68. The average Bonchev–Trinajstić information content (AvgIpc) is 2.71. The number of amides is 1. The third-order valence-corrected chi connectivity index (χ3v) is 4.39. The Bertz CT molecular complexity index is 815. The Morgan fingerprint density at radius 1 is 1.21 bits per heavy atom. The maximum absolute atomic E-state index is 12.2. The number of ether oxygens (including phenoxy) is 2. The summed E-state index contributed by atoms with van der Waals surface area (Å²) in [6.07, 6.45) is 0.756. The number of rotatable bonds is 9. The molecule has 0 atom stereocenters. The third-order valence-electron chi connectivity index (χ3n) is 4.06. The van der Waals surface area contributed by atoms with E-state index in [0.29, 0.717) is 6.54 Å². The van der Waals surface area contributed by atoms with Crippen LogP contribution in [0.25, 0.3) is 0 Å². The van der Waals surface area contributed by atoms with Gasteiger partial charge in [-0.1, -0.05) is 29.8 Å². The smallest absolute Gasteiger partial charge is 0.342 e. The number of halogens is 1. The van der Waals surface area contributed by atoms with Crippen LogP contribution in [0, 0.1) is 0 Å². The Kier molecular flexibility index (Phi) is 7.95. The predicted molar refractivity (Wildman–Crippen MR) is 110 cm³/mol. The van der Waals surface area contributed by atoms with E-state index >= 15 is 0 Å². The van der Waals surface area contributed by atoms with Crippen LogP contribution in [0.1, 0.15) is 16.8 Å². The first kappa shape index (κ1) is 21.4. The van der Waals surface area contributed by atoms with Gasteiger partial charge in [0.05, 0.1) is 17.8 Å². The van der Waals surface area contributed by atoms with Crippen molar-refractivity contribution >= 4 is 34.9 Å². The molecule has 0 aliphatic carbocycles. The number of nitrogen functional groups attached to an aromatic ring is 1. The van der Waals surface area contributed by atoms with Gasteiger partial charge in [-0.05, 0) is 24.6 Å². The van der Waals surface area contributed by atoms with Gasteiger partial charge in [0.15, 0.2) is 6.61 Å². The summed E-state index contributed by atoms with van der Waals surface area (Å²) in [4.78, 5) is 26.2. The minimum atomic E-state index is -0.710. The maximum Gasteiger partial charge on any atom is 0.342 e. The van der Waals surface area contributed by atoms with Crippen molar-refractivity contribution in [2.75, 3.05) is 44.5 Å². The van der Waals surface area contributed by atoms with Crippen LogP contribution in [0.3, 0.4) is 0 Å². The van der Waals surface area contributed by atoms with E-state index in [1.54, 1.807) is 0 Å². The number of nitrogens with one attached hydrogen (secondary N) is 1. The van der Waals surface area contributed by atoms with Crippen LogP contribution >= 0.6 is 11.6 Å². The molecule has 28 heavy (non-hydrogen) atoms. The van der Waals surface area contributed by atoms with Crippen LogP contribution in [0.15, 0.2) is 42.5 Å². The summed E-state index contributed by atoms with van der Waals surface area (Å²) in [5, 5.41) is 2.93. The van der Waals surface area contributed by atoms with Crippen molar-refractivity contribution in [1.82, 2.24) is 5.32 Å². The molecule has 1 amide bonds. The van der Waals surface area contributed by atoms with Crippen LogP contribution in [0.5, 0.6) is 5.75 Å². The van der Waals surface area contributed by atoms with E-state index in [2.05, 4.69) is 10.2 Å². The molecule has 3 N–H and O–H groups in total. The second-order valence-corrected chi connectivity index (χ2v) is 6.52. The summed E-state index contributed by atoms with van der Waals surface area (Å²) in [6, 6.07) is 12.8. The van der Waals surface area contributed by atoms with Crippen LogP contribution in [-0.4, -0.2) is 45.7 Å². The highest BCUT2D eigenvalue weighted by Gasteiger charge is 2.17. The number of hydrogen-bond donors (Lipinski definition) is 2. The Hall–Kier alpha value is -2.93. The summed E-state index contributed by atoms with van der Waals surface area (Å²) in [6.45, 7) is 0.869. The van der Waals surface area contributed by atoms with Gasteiger partial charge >= 0.3 is 5.97 Å². The van der Waals surface area contributed by atoms with Crippen molar-refractivity contribution in [2.24, 2.45) is 0 Å². The van der Waals surface area contributed by atoms with E-state index in [4.69, 9.17) is 26.8 Å². The van der Waals surface area contributed by atoms with Crippen molar-refractivity contribution < 1.29 is 19.1 Å². The van der Waals surface area contributed by atoms with Crippen LogP contribution < -0.4 is 20.7 Å². The second kappa shape index (κ2) is 10.4. The molecule has 0 aliphatic heterocycles. The zero-order valence-electron chi connectivity index (χ0n) is 15.9. The molecule has 0 saturated heterocycles. The molecule has 0 radical (unpaired) electrons. The fraction of sp³-hybridized carbons (Fsp3) is 0.300. The SMILES string of the molecule is COc1cc(N)c(Cl)cc1C(=O)OCC(=O)NCCCN(C)c1ccccc1. The van der Waals surface area contributed by atoms with Crippen LogP contribution in [0.4, 0.5) is 11.4 Å². The first-order chi connectivity index (χ1) is 13.4. The zero-order chi connectivity index (χ0) is 20.5. The summed E-state index contributed by atoms with van der Waals surface area (Å²) < 4.78 is 10.1. The average molecular weight is 406 g/mol. The summed E-state index contributed by atoms with van der Waals surface area (Å²) >= 11 is 5.93. The quantitative estimate of drug-likeness (QED) is 0.378. The van der Waals surface area contributed by atoms with Gasteiger partial charge in [0.1, 0.15) is 11.3 Å². The number of benzene rings is 2. The number of carbonyl (C=O) groups is 2. The third kappa shape index (κ3) is 6.06. The number of esters is 1. The van der Waals surface area contributed by atoms with Gasteiger partial charge in [0.25, 0.3) is 5.91 Å². The van der Waals surface area contributed by atoms with Crippen molar-refractivity contribution in [3.63, 3.8) is 0 Å². The van der Waals surface area contributed by atoms with E-state index in [1.807, 2.05) is 37.4 Å². The van der Waals surface area contributed by atoms with E-state index in [-0.39, 0.29) is 27.9 Å². The number of hydrogen-bond acceptors (Lipinski definition) is 6. The lowest BCUT2D eigenvalue weighted by Gasteiger charge is -2.19. The Balaban J connectivity index is 1.74. The number of carbonyl (C=O) groups excluding carboxylic acids is 2. The van der Waals surface area contributed by atoms with Crippen LogP contribution in [-0.2, 0) is 9.53 Å². The van der Waals surface area contributed by atoms with Crippen molar-refractivity contribution in [3.05, 3.63) is 53.1 Å². The molecule has 8 heteroatoms. The molecule has 2 aromatic carbocycles. The molecule has 7 nitrogen and oxygen atoms in total. The zero-order valence-corrected chi connectivity index (χ0v) is 16.7. The predicted octanol–water partition coefficient (Wildman–Crippen LogP) is 2.73. The van der Waals surface area contributed by atoms with Gasteiger partial charge in [-0.25, -0.2) is 4.79 Å². The summed E-state index contributed by atoms with van der Waals surface area (Å²) in [7, 11) is 3.39. The lowest BCUT2D eigenvalue weighted by molar-refractivity contribution is -0.124. The lowest BCUT2D eigenvalue weighted by atomic mass is 10.2. The van der Waals surface area contributed by atoms with Crippen LogP contribution in [0.2, 0.25) is 5.02 Å². The number of anilines is 2. The molecule has 0 unspecified atom stereocenters. The Morgan fingerprint density at radius 3 is 2.61 bits per heavy atom. The molecule has 2 rings (SSSR count). The number of nitrogens with zero attached hydrogens (tertiary/aromatic N) is 1. The van der Waals surface area contributed by atoms with Gasteiger partial charge in [-0.3, -0.25) is 4.79 Å². The van der Waals surface area contributed by atoms with Gasteiger partial charge < -0.3 is 25.4 Å². The minimum Gasteiger partial charge on any atom is -0.496 e. The monoisotopic (exact) mass is 405 g/mol. The highest BCUT2D eigenvalue weighted by molar-refractivity contribution is 6.33. The highest BCUT2D eigenvalue weighted by Crippen LogP contribution is 2.29. The summed E-state index contributed by atoms with van der Waals surface area (Å²) in [5.74, 6) is -0.856. The first-order valence-electron chi connectivity index (χ1n) is 8.75. The molecule has 0 heterocycles. The molecular weight excluding hydrogens is 382 g/mol. The summed E-state index contributed by atoms with van der Waals surface area (Å²) in [5.41, 5.74) is 7.19. The number of para-hydroxylation sites is 1. The van der Waals surface area contributed by atoms with E-state index in [0.717, 1.165) is 18.7 Å². The van der Waals surface area contributed by atoms with Gasteiger partial charge in [-0.2, -0.15) is 0 Å². The van der Waals surface area contributed by atoms with E-state index in [9.17, 15) is 9.59 Å². The number of methoxy groups -OCH3 is 1. The molecule has 0 aromatic heterocycles. The lowest BCUT2D eigenvalue weighted by Crippen LogP contribution is -2.31. The second-order valence-electron chi connectivity index (χ2n) is 6.11. The standard InChI is InChI=1S/C20H24ClN3O4/c1-24(14-7-4-3-5-8-14)10-6-9-23-19(25)13-28-20(26)15-11-16(21)17(22)12-18(15)27-2/h3-5,7-8,11-12H,6,9-10,13,22H2,1-2H3,(H,23,25). The normalized spacial score (nSPS) is 10.2. The molecule has 0 fully saturated rings. The Labute approximate surface area is 169 Å². The topological polar surface area (TPSA) is 93.9 Å².